The maximum atomic E-state index is 12.5. The summed E-state index contributed by atoms with van der Waals surface area (Å²) in [5, 5.41) is 14.5. The number of amides is 2. The van der Waals surface area contributed by atoms with E-state index >= 15 is 0 Å². The number of hydrogen-bond donors (Lipinski definition) is 4. The summed E-state index contributed by atoms with van der Waals surface area (Å²) >= 11 is 0. The number of anilines is 3. The van der Waals surface area contributed by atoms with Crippen LogP contribution < -0.4 is 16.4 Å². The van der Waals surface area contributed by atoms with Crippen molar-refractivity contribution in [2.24, 2.45) is 21.1 Å². The second-order valence-electron chi connectivity index (χ2n) is 6.43. The summed E-state index contributed by atoms with van der Waals surface area (Å²) in [6, 6.07) is 4.45. The van der Waals surface area contributed by atoms with Gasteiger partial charge in [-0.1, -0.05) is 0 Å². The first-order valence-electron chi connectivity index (χ1n) is 8.26. The first-order valence-corrected chi connectivity index (χ1v) is 8.26. The standard InChI is InChI=1S/C18H20N6O4/c1-22-7-10(19)4-13(22)16(25)20-11-5-14(23(2)8-11)17(26)21-12-6-15(18(27)28)24(3)9-12/h4-9H,19H2,1-3H3,(H,20,25)(H,21,26)(H,27,28). The third-order valence-corrected chi connectivity index (χ3v) is 4.24. The van der Waals surface area contributed by atoms with Gasteiger partial charge in [-0.05, 0) is 18.2 Å². The van der Waals surface area contributed by atoms with Crippen molar-refractivity contribution in [2.75, 3.05) is 16.4 Å². The first kappa shape index (κ1) is 18.8. The number of hydrogen-bond acceptors (Lipinski definition) is 4. The summed E-state index contributed by atoms with van der Waals surface area (Å²) in [5.41, 5.74) is 7.70. The number of carboxylic acids is 1. The van der Waals surface area contributed by atoms with Gasteiger partial charge in [-0.25, -0.2) is 4.79 Å². The lowest BCUT2D eigenvalue weighted by atomic mass is 10.3. The molecule has 3 rings (SSSR count). The van der Waals surface area contributed by atoms with Crippen LogP contribution in [0, 0.1) is 0 Å². The summed E-state index contributed by atoms with van der Waals surface area (Å²) in [6.45, 7) is 0. The zero-order valence-electron chi connectivity index (χ0n) is 15.6. The zero-order chi connectivity index (χ0) is 20.6. The van der Waals surface area contributed by atoms with Gasteiger partial charge in [0, 0.05) is 39.7 Å². The molecule has 3 aromatic rings. The van der Waals surface area contributed by atoms with E-state index in [1.54, 1.807) is 48.7 Å². The Balaban J connectivity index is 1.75. The number of aromatic carboxylic acids is 1. The lowest BCUT2D eigenvalue weighted by Gasteiger charge is -2.03. The van der Waals surface area contributed by atoms with Crippen LogP contribution in [0.5, 0.6) is 0 Å². The molecule has 3 aromatic heterocycles. The number of carboxylic acid groups (broad SMARTS) is 1. The van der Waals surface area contributed by atoms with Gasteiger partial charge in [0.2, 0.25) is 0 Å². The lowest BCUT2D eigenvalue weighted by molar-refractivity contribution is 0.0686. The Bertz CT molecular complexity index is 1090. The molecule has 0 atom stereocenters. The highest BCUT2D eigenvalue weighted by Crippen LogP contribution is 2.18. The molecule has 0 aliphatic carbocycles. The molecule has 0 aromatic carbocycles. The molecule has 146 valence electrons. The topological polar surface area (TPSA) is 136 Å². The Morgan fingerprint density at radius 3 is 1.64 bits per heavy atom. The summed E-state index contributed by atoms with van der Waals surface area (Å²) < 4.78 is 4.57. The minimum absolute atomic E-state index is 0.0528. The number of carbonyl (C=O) groups is 3. The molecule has 0 spiro atoms. The average molecular weight is 384 g/mol. The highest BCUT2D eigenvalue weighted by atomic mass is 16.4. The van der Waals surface area contributed by atoms with Crippen LogP contribution in [0.2, 0.25) is 0 Å². The largest absolute Gasteiger partial charge is 0.477 e. The second-order valence-corrected chi connectivity index (χ2v) is 6.43. The van der Waals surface area contributed by atoms with Gasteiger partial charge < -0.3 is 35.2 Å². The fourth-order valence-corrected chi connectivity index (χ4v) is 2.91. The number of nitrogens with one attached hydrogen (secondary N) is 2. The lowest BCUT2D eigenvalue weighted by Crippen LogP contribution is -2.15. The van der Waals surface area contributed by atoms with E-state index in [0.717, 1.165) is 0 Å². The van der Waals surface area contributed by atoms with Crippen LogP contribution in [-0.4, -0.2) is 36.6 Å². The van der Waals surface area contributed by atoms with Crippen molar-refractivity contribution in [3.63, 3.8) is 0 Å². The van der Waals surface area contributed by atoms with E-state index in [1.165, 1.54) is 22.9 Å². The fourth-order valence-electron chi connectivity index (χ4n) is 2.91. The maximum Gasteiger partial charge on any atom is 0.352 e. The zero-order valence-corrected chi connectivity index (χ0v) is 15.6. The monoisotopic (exact) mass is 384 g/mol. The van der Waals surface area contributed by atoms with Crippen molar-refractivity contribution in [1.29, 1.82) is 0 Å². The van der Waals surface area contributed by atoms with Gasteiger partial charge in [-0.3, -0.25) is 9.59 Å². The quantitative estimate of drug-likeness (QED) is 0.528. The van der Waals surface area contributed by atoms with Crippen LogP contribution in [0.25, 0.3) is 0 Å². The molecule has 0 aliphatic heterocycles. The van der Waals surface area contributed by atoms with Crippen molar-refractivity contribution in [3.8, 4) is 0 Å². The average Bonchev–Trinajstić information content (AvgIpc) is 3.24. The van der Waals surface area contributed by atoms with Crippen molar-refractivity contribution >= 4 is 34.8 Å². The molecule has 0 radical (unpaired) electrons. The predicted octanol–water partition coefficient (Wildman–Crippen LogP) is 1.49. The number of nitrogens with two attached hydrogens (primary N) is 1. The second kappa shape index (κ2) is 6.99. The number of aromatic nitrogens is 3. The van der Waals surface area contributed by atoms with Crippen LogP contribution in [0.15, 0.2) is 36.8 Å². The van der Waals surface area contributed by atoms with E-state index in [0.29, 0.717) is 28.5 Å². The van der Waals surface area contributed by atoms with E-state index in [2.05, 4.69) is 10.6 Å². The molecule has 0 fully saturated rings. The van der Waals surface area contributed by atoms with Crippen molar-refractivity contribution in [3.05, 3.63) is 53.9 Å². The van der Waals surface area contributed by atoms with Crippen LogP contribution >= 0.6 is 0 Å². The van der Waals surface area contributed by atoms with E-state index in [4.69, 9.17) is 10.8 Å². The van der Waals surface area contributed by atoms with Crippen molar-refractivity contribution in [1.82, 2.24) is 13.7 Å². The van der Waals surface area contributed by atoms with Crippen LogP contribution in [0.3, 0.4) is 0 Å². The van der Waals surface area contributed by atoms with Gasteiger partial charge in [0.25, 0.3) is 11.8 Å². The van der Waals surface area contributed by atoms with E-state index in [-0.39, 0.29) is 11.6 Å². The number of nitrogens with zero attached hydrogens (tertiary/aromatic N) is 3. The van der Waals surface area contributed by atoms with Crippen LogP contribution in [0.1, 0.15) is 31.5 Å². The third kappa shape index (κ3) is 3.61. The van der Waals surface area contributed by atoms with E-state index in [9.17, 15) is 14.4 Å². The first-order chi connectivity index (χ1) is 13.2. The van der Waals surface area contributed by atoms with Gasteiger partial charge in [-0.2, -0.15) is 0 Å². The number of carbonyl (C=O) groups excluding carboxylic acids is 2. The minimum Gasteiger partial charge on any atom is -0.477 e. The fraction of sp³-hybridized carbons (Fsp3) is 0.167. The number of nitrogen functional groups attached to an aromatic ring is 1. The minimum atomic E-state index is -1.09. The van der Waals surface area contributed by atoms with E-state index < -0.39 is 11.9 Å². The molecule has 0 aliphatic rings. The molecule has 10 nitrogen and oxygen atoms in total. The molecular weight excluding hydrogens is 364 g/mol. The van der Waals surface area contributed by atoms with E-state index in [1.807, 2.05) is 0 Å². The molecule has 0 saturated carbocycles. The summed E-state index contributed by atoms with van der Waals surface area (Å²) in [6.07, 6.45) is 4.74. The summed E-state index contributed by atoms with van der Waals surface area (Å²) in [4.78, 5) is 36.0. The molecule has 0 saturated heterocycles. The smallest absolute Gasteiger partial charge is 0.352 e. The predicted molar refractivity (Wildman–Crippen MR) is 104 cm³/mol. The van der Waals surface area contributed by atoms with Gasteiger partial charge in [-0.15, -0.1) is 0 Å². The van der Waals surface area contributed by atoms with Gasteiger partial charge >= 0.3 is 5.97 Å². The van der Waals surface area contributed by atoms with Gasteiger partial charge in [0.15, 0.2) is 0 Å². The van der Waals surface area contributed by atoms with Gasteiger partial charge in [0.1, 0.15) is 17.1 Å². The Labute approximate surface area is 160 Å². The van der Waals surface area contributed by atoms with Gasteiger partial charge in [0.05, 0.1) is 17.1 Å². The maximum absolute atomic E-state index is 12.5. The Kier molecular flexibility index (Phi) is 4.70. The van der Waals surface area contributed by atoms with Crippen molar-refractivity contribution in [2.45, 2.75) is 0 Å². The molecule has 5 N–H and O–H groups in total. The third-order valence-electron chi connectivity index (χ3n) is 4.24. The molecule has 0 unspecified atom stereocenters. The Hall–Kier alpha value is -3.95. The SMILES string of the molecule is Cn1cc(NC(=O)c2cc(NC(=O)c3cc(N)cn3C)cn2C)cc1C(=O)O. The molecule has 3 heterocycles. The summed E-state index contributed by atoms with van der Waals surface area (Å²) in [5.74, 6) is -1.88. The highest BCUT2D eigenvalue weighted by molar-refractivity contribution is 6.07. The Morgan fingerprint density at radius 2 is 1.21 bits per heavy atom. The summed E-state index contributed by atoms with van der Waals surface area (Å²) in [7, 11) is 4.95. The molecule has 10 heteroatoms. The molecular formula is C18H20N6O4. The normalized spacial score (nSPS) is 10.7. The molecule has 2 amide bonds. The number of aryl methyl sites for hydroxylation is 3. The van der Waals surface area contributed by atoms with Crippen molar-refractivity contribution < 1.29 is 19.5 Å². The number of rotatable bonds is 5. The van der Waals surface area contributed by atoms with Crippen LogP contribution in [-0.2, 0) is 21.1 Å². The van der Waals surface area contributed by atoms with Crippen LogP contribution in [0.4, 0.5) is 17.1 Å². The molecule has 0 bridgehead atoms. The molecule has 28 heavy (non-hydrogen) atoms. The highest BCUT2D eigenvalue weighted by Gasteiger charge is 2.17. The Morgan fingerprint density at radius 1 is 0.786 bits per heavy atom.